The summed E-state index contributed by atoms with van der Waals surface area (Å²) in [7, 11) is 0. The third-order valence-corrected chi connectivity index (χ3v) is 5.51. The van der Waals surface area contributed by atoms with Crippen molar-refractivity contribution in [3.05, 3.63) is 58.8 Å². The number of carbonyl (C=O) groups excluding carboxylic acids is 1. The number of hydrogen-bond acceptors (Lipinski definition) is 7. The number of halogens is 4. The summed E-state index contributed by atoms with van der Waals surface area (Å²) >= 11 is 6.18. The first kappa shape index (κ1) is 23.9. The van der Waals surface area contributed by atoms with Crippen molar-refractivity contribution in [2.24, 2.45) is 0 Å². The minimum atomic E-state index is -4.63. The maximum atomic E-state index is 13.7. The molecule has 0 radical (unpaired) electrons. The Bertz CT molecular complexity index is 1190. The number of carbonyl (C=O) groups is 1. The number of rotatable bonds is 3. The molecule has 180 valence electrons. The number of alkyl halides is 3. The molecule has 13 heteroatoms. The van der Waals surface area contributed by atoms with E-state index < -0.39 is 24.0 Å². The summed E-state index contributed by atoms with van der Waals surface area (Å²) in [5, 5.41) is 9.84. The van der Waals surface area contributed by atoms with E-state index in [1.165, 1.54) is 35.2 Å². The fourth-order valence-electron chi connectivity index (χ4n) is 3.81. The number of aryl methyl sites for hydroxylation is 1. The molecule has 0 unspecified atom stereocenters. The Hall–Kier alpha value is -3.25. The number of nitrogens with zero attached hydrogens (tertiary/aromatic N) is 7. The van der Waals surface area contributed by atoms with Crippen molar-refractivity contribution in [1.82, 2.24) is 29.9 Å². The lowest BCUT2D eigenvalue weighted by molar-refractivity contribution is -0.141. The average molecular weight is 496 g/mol. The van der Waals surface area contributed by atoms with Crippen molar-refractivity contribution in [3.63, 3.8) is 0 Å². The summed E-state index contributed by atoms with van der Waals surface area (Å²) < 4.78 is 39.8. The number of aromatic nitrogens is 5. The first-order valence-corrected chi connectivity index (χ1v) is 10.7. The minimum Gasteiger partial charge on any atom is -0.329 e. The lowest BCUT2D eigenvalue weighted by Crippen LogP contribution is -2.47. The van der Waals surface area contributed by atoms with Crippen molar-refractivity contribution < 1.29 is 22.8 Å². The van der Waals surface area contributed by atoms with Crippen LogP contribution in [0.5, 0.6) is 0 Å². The molecule has 1 fully saturated rings. The van der Waals surface area contributed by atoms with E-state index in [4.69, 9.17) is 16.4 Å². The van der Waals surface area contributed by atoms with Gasteiger partial charge in [0.05, 0.1) is 42.8 Å². The molecule has 1 aliphatic rings. The van der Waals surface area contributed by atoms with Crippen LogP contribution in [0.15, 0.2) is 36.7 Å². The fourth-order valence-corrected chi connectivity index (χ4v) is 3.98. The molecule has 0 N–H and O–H groups in total. The highest BCUT2D eigenvalue weighted by Crippen LogP contribution is 2.31. The highest BCUT2D eigenvalue weighted by atomic mass is 35.5. The molecule has 4 rings (SSSR count). The summed E-state index contributed by atoms with van der Waals surface area (Å²) in [5.41, 5.74) is -0.332. The molecular formula is C21H21ClF3N7O2. The highest BCUT2D eigenvalue weighted by Gasteiger charge is 2.36. The molecule has 1 saturated heterocycles. The van der Waals surface area contributed by atoms with E-state index >= 15 is 0 Å². The van der Waals surface area contributed by atoms with Gasteiger partial charge in [-0.3, -0.25) is 9.63 Å². The lowest BCUT2D eigenvalue weighted by Gasteiger charge is -2.32. The van der Waals surface area contributed by atoms with Crippen molar-refractivity contribution in [2.45, 2.75) is 39.0 Å². The number of amides is 1. The molecule has 0 spiro atoms. The van der Waals surface area contributed by atoms with Crippen LogP contribution in [0.25, 0.3) is 5.69 Å². The van der Waals surface area contributed by atoms with Gasteiger partial charge in [-0.15, -0.1) is 0 Å². The van der Waals surface area contributed by atoms with Crippen LogP contribution in [0, 0.1) is 6.92 Å². The largest absolute Gasteiger partial charge is 0.433 e. The predicted octanol–water partition coefficient (Wildman–Crippen LogP) is 3.71. The van der Waals surface area contributed by atoms with E-state index in [1.807, 2.05) is 0 Å². The van der Waals surface area contributed by atoms with Gasteiger partial charge >= 0.3 is 6.18 Å². The van der Waals surface area contributed by atoms with E-state index in [0.29, 0.717) is 10.7 Å². The van der Waals surface area contributed by atoms with Crippen LogP contribution in [0.1, 0.15) is 35.7 Å². The van der Waals surface area contributed by atoms with Gasteiger partial charge < -0.3 is 4.90 Å². The molecule has 34 heavy (non-hydrogen) atoms. The average Bonchev–Trinajstić information content (AvgIpc) is 3.25. The van der Waals surface area contributed by atoms with Crippen molar-refractivity contribution in [1.29, 1.82) is 0 Å². The van der Waals surface area contributed by atoms with E-state index in [0.717, 1.165) is 6.07 Å². The Morgan fingerprint density at radius 3 is 2.50 bits per heavy atom. The Balaban J connectivity index is 1.65. The number of hydroxylamine groups is 1. The van der Waals surface area contributed by atoms with Gasteiger partial charge in [0.1, 0.15) is 11.5 Å². The first-order chi connectivity index (χ1) is 16.0. The zero-order valence-corrected chi connectivity index (χ0v) is 19.2. The number of benzene rings is 1. The topological polar surface area (TPSA) is 89.3 Å². The maximum absolute atomic E-state index is 13.7. The molecule has 1 aromatic carbocycles. The molecule has 2 atom stereocenters. The van der Waals surface area contributed by atoms with Gasteiger partial charge in [-0.2, -0.15) is 28.2 Å². The Morgan fingerprint density at radius 1 is 1.12 bits per heavy atom. The van der Waals surface area contributed by atoms with Crippen LogP contribution in [0.4, 0.5) is 19.0 Å². The SMILES string of the molecule is Cc1nc(N2C[C@H](C)N(C(=O)c3cc(Cl)ccc3-n3nccn3)[C@H](C)CO2)cc(C(F)(F)F)n1. The van der Waals surface area contributed by atoms with E-state index in [9.17, 15) is 18.0 Å². The zero-order chi connectivity index (χ0) is 24.6. The third-order valence-electron chi connectivity index (χ3n) is 5.28. The molecule has 1 aliphatic heterocycles. The lowest BCUT2D eigenvalue weighted by atomic mass is 10.1. The summed E-state index contributed by atoms with van der Waals surface area (Å²) in [4.78, 5) is 29.9. The summed E-state index contributed by atoms with van der Waals surface area (Å²) in [6.45, 7) is 5.07. The molecule has 0 bridgehead atoms. The second-order valence-electron chi connectivity index (χ2n) is 7.90. The summed E-state index contributed by atoms with van der Waals surface area (Å²) in [5.74, 6) is -0.408. The first-order valence-electron chi connectivity index (χ1n) is 10.4. The number of anilines is 1. The van der Waals surface area contributed by atoms with Gasteiger partial charge in [-0.25, -0.2) is 15.0 Å². The Morgan fingerprint density at radius 2 is 1.82 bits per heavy atom. The van der Waals surface area contributed by atoms with Gasteiger partial charge in [0.15, 0.2) is 5.82 Å². The summed E-state index contributed by atoms with van der Waals surface area (Å²) in [6.07, 6.45) is -1.64. The number of hydrogen-bond donors (Lipinski definition) is 0. The van der Waals surface area contributed by atoms with E-state index in [1.54, 1.807) is 30.9 Å². The van der Waals surface area contributed by atoms with E-state index in [2.05, 4.69) is 20.2 Å². The van der Waals surface area contributed by atoms with E-state index in [-0.39, 0.29) is 36.3 Å². The van der Waals surface area contributed by atoms with Crippen molar-refractivity contribution in [2.75, 3.05) is 18.2 Å². The van der Waals surface area contributed by atoms with Gasteiger partial charge in [-0.1, -0.05) is 11.6 Å². The molecule has 3 aromatic rings. The molecule has 9 nitrogen and oxygen atoms in total. The smallest absolute Gasteiger partial charge is 0.329 e. The Labute approximate surface area is 198 Å². The minimum absolute atomic E-state index is 0.0302. The third kappa shape index (κ3) is 4.82. The van der Waals surface area contributed by atoms with Gasteiger partial charge in [0, 0.05) is 17.1 Å². The van der Waals surface area contributed by atoms with Gasteiger partial charge in [-0.05, 0) is 39.0 Å². The van der Waals surface area contributed by atoms with Crippen LogP contribution >= 0.6 is 11.6 Å². The normalized spacial score (nSPS) is 19.3. The van der Waals surface area contributed by atoms with Crippen LogP contribution in [0.3, 0.4) is 0 Å². The van der Waals surface area contributed by atoms with Gasteiger partial charge in [0.2, 0.25) is 0 Å². The fraction of sp³-hybridized carbons (Fsp3) is 0.381. The molecule has 0 saturated carbocycles. The Kier molecular flexibility index (Phi) is 6.45. The van der Waals surface area contributed by atoms with Crippen molar-refractivity contribution >= 4 is 23.3 Å². The van der Waals surface area contributed by atoms with Crippen LogP contribution < -0.4 is 5.06 Å². The quantitative estimate of drug-likeness (QED) is 0.547. The monoisotopic (exact) mass is 495 g/mol. The van der Waals surface area contributed by atoms with Crippen LogP contribution in [-0.4, -0.2) is 61.0 Å². The second-order valence-corrected chi connectivity index (χ2v) is 8.34. The standard InChI is InChI=1S/C21H21ClF3N7O2/c1-12-10-30(19-9-18(21(23,24)25)28-14(3)29-19)34-11-13(2)31(12)20(33)16-8-15(22)4-5-17(16)32-26-6-7-27-32/h4-9,12-13H,10-11H2,1-3H3/t12-,13+/m0/s1. The molecular weight excluding hydrogens is 475 g/mol. The van der Waals surface area contributed by atoms with Gasteiger partial charge in [0.25, 0.3) is 5.91 Å². The molecule has 0 aliphatic carbocycles. The summed E-state index contributed by atoms with van der Waals surface area (Å²) in [6, 6.07) is 4.79. The van der Waals surface area contributed by atoms with Crippen LogP contribution in [-0.2, 0) is 11.0 Å². The molecule has 2 aromatic heterocycles. The predicted molar refractivity (Wildman–Crippen MR) is 117 cm³/mol. The highest BCUT2D eigenvalue weighted by molar-refractivity contribution is 6.31. The zero-order valence-electron chi connectivity index (χ0n) is 18.5. The maximum Gasteiger partial charge on any atom is 0.433 e. The molecule has 3 heterocycles. The van der Waals surface area contributed by atoms with Crippen molar-refractivity contribution in [3.8, 4) is 5.69 Å². The van der Waals surface area contributed by atoms with Crippen LogP contribution in [0.2, 0.25) is 5.02 Å². The molecule has 1 amide bonds. The second kappa shape index (κ2) is 9.18.